The maximum atomic E-state index is 11.4. The molecule has 1 atom stereocenters. The molecule has 2 rings (SSSR count). The molecule has 1 aromatic rings. The fourth-order valence-corrected chi connectivity index (χ4v) is 4.34. The van der Waals surface area contributed by atoms with Gasteiger partial charge in [0.1, 0.15) is 0 Å². The predicted molar refractivity (Wildman–Crippen MR) is 75.5 cm³/mol. The van der Waals surface area contributed by atoms with Crippen molar-refractivity contribution in [3.05, 3.63) is 35.4 Å². The Hall–Kier alpha value is -0.540. The molecule has 0 bridgehead atoms. The molecule has 1 unspecified atom stereocenters. The van der Waals surface area contributed by atoms with Crippen molar-refractivity contribution in [2.45, 2.75) is 38.5 Å². The fraction of sp³-hybridized carbons (Fsp3) is 0.571. The average Bonchev–Trinajstić information content (AvgIpc) is 2.79. The minimum Gasteiger partial charge on any atom is -0.212 e. The second-order valence-electron chi connectivity index (χ2n) is 5.21. The van der Waals surface area contributed by atoms with E-state index >= 15 is 0 Å². The van der Waals surface area contributed by atoms with Gasteiger partial charge < -0.3 is 0 Å². The molecule has 18 heavy (non-hydrogen) atoms. The number of rotatable bonds is 4. The number of hydrogen-bond acceptors (Lipinski definition) is 2. The number of hydrogen-bond donors (Lipinski definition) is 0. The molecule has 0 N–H and O–H groups in total. The van der Waals surface area contributed by atoms with Crippen molar-refractivity contribution in [1.82, 2.24) is 0 Å². The van der Waals surface area contributed by atoms with Crippen LogP contribution in [0, 0.1) is 12.8 Å². The molecule has 0 amide bonds. The van der Waals surface area contributed by atoms with Gasteiger partial charge in [-0.15, -0.1) is 0 Å². The standard InChI is InChI=1S/C14H19ClO2S/c1-11-6-2-5-9-13(11)14(10-18(15,16)17)12-7-3-4-8-12/h2,5-6,9,12,14H,3-4,7-8,10H2,1H3. The van der Waals surface area contributed by atoms with Crippen LogP contribution in [0.2, 0.25) is 0 Å². The van der Waals surface area contributed by atoms with Crippen LogP contribution in [-0.2, 0) is 9.05 Å². The smallest absolute Gasteiger partial charge is 0.212 e. The van der Waals surface area contributed by atoms with E-state index in [1.807, 2.05) is 31.2 Å². The molecule has 1 saturated carbocycles. The molecule has 1 aromatic carbocycles. The molecule has 1 aliphatic carbocycles. The summed E-state index contributed by atoms with van der Waals surface area (Å²) in [6.07, 6.45) is 4.64. The quantitative estimate of drug-likeness (QED) is 0.788. The molecule has 0 aromatic heterocycles. The maximum Gasteiger partial charge on any atom is 0.233 e. The highest BCUT2D eigenvalue weighted by Gasteiger charge is 2.30. The molecular formula is C14H19ClO2S. The van der Waals surface area contributed by atoms with Gasteiger partial charge in [0.15, 0.2) is 0 Å². The summed E-state index contributed by atoms with van der Waals surface area (Å²) in [5.41, 5.74) is 2.31. The highest BCUT2D eigenvalue weighted by Crippen LogP contribution is 2.39. The van der Waals surface area contributed by atoms with Crippen LogP contribution in [0.15, 0.2) is 24.3 Å². The van der Waals surface area contributed by atoms with Gasteiger partial charge in [-0.2, -0.15) is 0 Å². The van der Waals surface area contributed by atoms with E-state index in [0.29, 0.717) is 5.92 Å². The van der Waals surface area contributed by atoms with Crippen molar-refractivity contribution in [2.75, 3.05) is 5.75 Å². The highest BCUT2D eigenvalue weighted by atomic mass is 35.7. The fourth-order valence-electron chi connectivity index (χ4n) is 3.06. The first-order valence-electron chi connectivity index (χ1n) is 6.45. The van der Waals surface area contributed by atoms with Crippen LogP contribution in [-0.4, -0.2) is 14.2 Å². The zero-order chi connectivity index (χ0) is 13.2. The Kier molecular flexibility index (Phi) is 4.33. The monoisotopic (exact) mass is 286 g/mol. The molecule has 0 aliphatic heterocycles. The van der Waals surface area contributed by atoms with Crippen molar-refractivity contribution in [3.63, 3.8) is 0 Å². The Balaban J connectivity index is 2.32. The molecule has 2 nitrogen and oxygen atoms in total. The second-order valence-corrected chi connectivity index (χ2v) is 8.03. The third-order valence-electron chi connectivity index (χ3n) is 3.94. The Morgan fingerprint density at radius 3 is 2.44 bits per heavy atom. The van der Waals surface area contributed by atoms with Crippen LogP contribution >= 0.6 is 10.7 Å². The van der Waals surface area contributed by atoms with Crippen LogP contribution in [0.25, 0.3) is 0 Å². The Labute approximate surface area is 114 Å². The molecule has 0 spiro atoms. The lowest BCUT2D eigenvalue weighted by Crippen LogP contribution is -2.19. The van der Waals surface area contributed by atoms with Gasteiger partial charge in [0.25, 0.3) is 0 Å². The van der Waals surface area contributed by atoms with Crippen LogP contribution in [0.4, 0.5) is 0 Å². The van der Waals surface area contributed by atoms with Gasteiger partial charge in [0.2, 0.25) is 9.05 Å². The highest BCUT2D eigenvalue weighted by molar-refractivity contribution is 8.13. The zero-order valence-electron chi connectivity index (χ0n) is 10.6. The van der Waals surface area contributed by atoms with Crippen LogP contribution in [0.3, 0.4) is 0 Å². The summed E-state index contributed by atoms with van der Waals surface area (Å²) >= 11 is 0. The molecule has 1 aliphatic rings. The van der Waals surface area contributed by atoms with Gasteiger partial charge in [-0.3, -0.25) is 0 Å². The van der Waals surface area contributed by atoms with Crippen molar-refractivity contribution in [1.29, 1.82) is 0 Å². The molecule has 0 radical (unpaired) electrons. The maximum absolute atomic E-state index is 11.4. The molecule has 0 heterocycles. The summed E-state index contributed by atoms with van der Waals surface area (Å²) < 4.78 is 22.9. The van der Waals surface area contributed by atoms with E-state index in [9.17, 15) is 8.42 Å². The Morgan fingerprint density at radius 2 is 1.89 bits per heavy atom. The lowest BCUT2D eigenvalue weighted by Gasteiger charge is -2.24. The lowest BCUT2D eigenvalue weighted by molar-refractivity contribution is 0.458. The molecule has 100 valence electrons. The third-order valence-corrected chi connectivity index (χ3v) is 5.07. The van der Waals surface area contributed by atoms with Crippen LogP contribution < -0.4 is 0 Å². The van der Waals surface area contributed by atoms with E-state index in [1.54, 1.807) is 0 Å². The minimum absolute atomic E-state index is 0.0520. The molecule has 1 fully saturated rings. The van der Waals surface area contributed by atoms with Gasteiger partial charge in [-0.25, -0.2) is 8.42 Å². The Bertz CT molecular complexity index is 504. The topological polar surface area (TPSA) is 34.1 Å². The van der Waals surface area contributed by atoms with Crippen molar-refractivity contribution < 1.29 is 8.42 Å². The first kappa shape index (κ1) is 13.9. The summed E-state index contributed by atoms with van der Waals surface area (Å²) in [5, 5.41) is 0. The summed E-state index contributed by atoms with van der Waals surface area (Å²) in [5.74, 6) is 0.570. The summed E-state index contributed by atoms with van der Waals surface area (Å²) in [7, 11) is 2.03. The average molecular weight is 287 g/mol. The first-order chi connectivity index (χ1) is 8.47. The summed E-state index contributed by atoms with van der Waals surface area (Å²) in [4.78, 5) is 0. The predicted octanol–water partition coefficient (Wildman–Crippen LogP) is 3.84. The van der Waals surface area contributed by atoms with Gasteiger partial charge in [-0.1, -0.05) is 37.1 Å². The van der Waals surface area contributed by atoms with E-state index in [1.165, 1.54) is 12.8 Å². The SMILES string of the molecule is Cc1ccccc1C(CS(=O)(=O)Cl)C1CCCC1. The lowest BCUT2D eigenvalue weighted by atomic mass is 9.84. The largest absolute Gasteiger partial charge is 0.233 e. The number of halogens is 1. The van der Waals surface area contributed by atoms with Gasteiger partial charge in [0, 0.05) is 16.6 Å². The molecule has 4 heteroatoms. The van der Waals surface area contributed by atoms with Gasteiger partial charge in [0.05, 0.1) is 5.75 Å². The van der Waals surface area contributed by atoms with E-state index < -0.39 is 9.05 Å². The zero-order valence-corrected chi connectivity index (χ0v) is 12.2. The van der Waals surface area contributed by atoms with Crippen LogP contribution in [0.1, 0.15) is 42.7 Å². The van der Waals surface area contributed by atoms with E-state index in [2.05, 4.69) is 0 Å². The molecule has 0 saturated heterocycles. The van der Waals surface area contributed by atoms with E-state index in [-0.39, 0.29) is 11.7 Å². The first-order valence-corrected chi connectivity index (χ1v) is 8.93. The third kappa shape index (κ3) is 3.48. The number of aryl methyl sites for hydroxylation is 1. The van der Waals surface area contributed by atoms with E-state index in [0.717, 1.165) is 24.0 Å². The minimum atomic E-state index is -3.45. The van der Waals surface area contributed by atoms with Crippen molar-refractivity contribution in [2.24, 2.45) is 5.92 Å². The Morgan fingerprint density at radius 1 is 1.28 bits per heavy atom. The second kappa shape index (κ2) is 5.62. The summed E-state index contributed by atoms with van der Waals surface area (Å²) in [6, 6.07) is 8.05. The summed E-state index contributed by atoms with van der Waals surface area (Å²) in [6.45, 7) is 2.04. The normalized spacial score (nSPS) is 19.0. The van der Waals surface area contributed by atoms with Crippen molar-refractivity contribution in [3.8, 4) is 0 Å². The molecular weight excluding hydrogens is 268 g/mol. The number of benzene rings is 1. The van der Waals surface area contributed by atoms with Crippen molar-refractivity contribution >= 4 is 19.7 Å². The van der Waals surface area contributed by atoms with E-state index in [4.69, 9.17) is 10.7 Å². The van der Waals surface area contributed by atoms with Gasteiger partial charge in [-0.05, 0) is 36.8 Å². The van der Waals surface area contributed by atoms with Gasteiger partial charge >= 0.3 is 0 Å². The van der Waals surface area contributed by atoms with Crippen LogP contribution in [0.5, 0.6) is 0 Å².